The second-order valence-corrected chi connectivity index (χ2v) is 3.82. The molecule has 0 N–H and O–H groups in total. The first-order chi connectivity index (χ1) is 7.97. The number of aliphatic imine (C=N–C) groups is 1. The summed E-state index contributed by atoms with van der Waals surface area (Å²) in [6.45, 7) is 0.245. The molecule has 1 aliphatic rings. The van der Waals surface area contributed by atoms with Gasteiger partial charge in [-0.05, 0) is 18.2 Å². The molecule has 1 aromatic rings. The summed E-state index contributed by atoms with van der Waals surface area (Å²) in [7, 11) is 0. The maximum Gasteiger partial charge on any atom is 0.416 e. The van der Waals surface area contributed by atoms with Crippen LogP contribution in [0.25, 0.3) is 0 Å². The third-order valence-electron chi connectivity index (χ3n) is 2.13. The Morgan fingerprint density at radius 2 is 2.00 bits per heavy atom. The number of ether oxygens (including phenoxy) is 1. The Labute approximate surface area is 100 Å². The van der Waals surface area contributed by atoms with Crippen LogP contribution in [0.15, 0.2) is 35.0 Å². The van der Waals surface area contributed by atoms with Gasteiger partial charge < -0.3 is 4.74 Å². The lowest BCUT2D eigenvalue weighted by Gasteiger charge is -2.12. The van der Waals surface area contributed by atoms with Crippen LogP contribution < -0.4 is 4.74 Å². The van der Waals surface area contributed by atoms with Crippen molar-refractivity contribution >= 4 is 17.8 Å². The molecule has 0 saturated carbocycles. The molecule has 0 radical (unpaired) electrons. The average Bonchev–Trinajstić information content (AvgIpc) is 2.16. The van der Waals surface area contributed by atoms with E-state index in [-0.39, 0.29) is 17.4 Å². The van der Waals surface area contributed by atoms with Crippen molar-refractivity contribution in [2.45, 2.75) is 6.18 Å². The summed E-state index contributed by atoms with van der Waals surface area (Å²) in [6, 6.07) is 2.99. The van der Waals surface area contributed by atoms with Crippen molar-refractivity contribution in [2.75, 3.05) is 6.61 Å². The fraction of sp³-hybridized carbons (Fsp3) is 0.182. The molecule has 0 fully saturated rings. The Morgan fingerprint density at radius 3 is 2.47 bits per heavy atom. The van der Waals surface area contributed by atoms with E-state index in [1.54, 1.807) is 12.4 Å². The van der Waals surface area contributed by atoms with Crippen molar-refractivity contribution in [3.05, 3.63) is 40.6 Å². The van der Waals surface area contributed by atoms with Gasteiger partial charge in [0.15, 0.2) is 0 Å². The van der Waals surface area contributed by atoms with Crippen LogP contribution in [0.5, 0.6) is 5.75 Å². The number of nitrogens with zero attached hydrogens (tertiary/aromatic N) is 1. The van der Waals surface area contributed by atoms with Crippen molar-refractivity contribution in [3.8, 4) is 5.75 Å². The Morgan fingerprint density at radius 1 is 1.29 bits per heavy atom. The SMILES string of the molecule is FC(F)(F)c1ccc(OCC2=CN=C2)c(Cl)c1. The second kappa shape index (κ2) is 4.41. The summed E-state index contributed by atoms with van der Waals surface area (Å²) in [5.41, 5.74) is 0.0697. The highest BCUT2D eigenvalue weighted by Crippen LogP contribution is 2.34. The Balaban J connectivity index is 2.08. The highest BCUT2D eigenvalue weighted by Gasteiger charge is 2.31. The number of halogens is 4. The molecule has 1 heterocycles. The number of benzene rings is 1. The van der Waals surface area contributed by atoms with Gasteiger partial charge in [-0.2, -0.15) is 13.2 Å². The molecule has 1 aliphatic heterocycles. The zero-order valence-electron chi connectivity index (χ0n) is 8.46. The topological polar surface area (TPSA) is 21.6 Å². The summed E-state index contributed by atoms with van der Waals surface area (Å²) in [5.74, 6) is 0.223. The molecular weight excluding hydrogens is 255 g/mol. The molecule has 0 unspecified atom stereocenters. The molecule has 0 amide bonds. The molecule has 0 atom stereocenters. The van der Waals surface area contributed by atoms with Crippen LogP contribution in [0, 0.1) is 0 Å². The molecule has 0 spiro atoms. The molecule has 17 heavy (non-hydrogen) atoms. The molecule has 0 aromatic heterocycles. The monoisotopic (exact) mass is 261 g/mol. The Hall–Kier alpha value is -1.49. The van der Waals surface area contributed by atoms with E-state index in [0.717, 1.165) is 17.7 Å². The number of hydrogen-bond donors (Lipinski definition) is 0. The van der Waals surface area contributed by atoms with Crippen molar-refractivity contribution < 1.29 is 17.9 Å². The third-order valence-corrected chi connectivity index (χ3v) is 2.43. The molecular formula is C11H7ClF3NO. The van der Waals surface area contributed by atoms with Crippen LogP contribution >= 0.6 is 11.6 Å². The zero-order chi connectivity index (χ0) is 12.5. The molecule has 6 heteroatoms. The van der Waals surface area contributed by atoms with E-state index in [1.165, 1.54) is 6.07 Å². The average molecular weight is 262 g/mol. The number of alkyl halides is 3. The Bertz CT molecular complexity index is 494. The van der Waals surface area contributed by atoms with Gasteiger partial charge in [0.1, 0.15) is 12.4 Å². The minimum atomic E-state index is -4.40. The highest BCUT2D eigenvalue weighted by atomic mass is 35.5. The van der Waals surface area contributed by atoms with Gasteiger partial charge in [0.2, 0.25) is 0 Å². The van der Waals surface area contributed by atoms with E-state index in [9.17, 15) is 13.2 Å². The number of rotatable bonds is 3. The molecule has 2 nitrogen and oxygen atoms in total. The normalized spacial score (nSPS) is 14.2. The van der Waals surface area contributed by atoms with Crippen LogP contribution in [-0.4, -0.2) is 12.8 Å². The van der Waals surface area contributed by atoms with Crippen molar-refractivity contribution in [1.29, 1.82) is 0 Å². The number of hydrogen-bond acceptors (Lipinski definition) is 2. The molecule has 2 rings (SSSR count). The van der Waals surface area contributed by atoms with Crippen LogP contribution in [0.3, 0.4) is 0 Å². The molecule has 0 bridgehead atoms. The van der Waals surface area contributed by atoms with Crippen molar-refractivity contribution in [3.63, 3.8) is 0 Å². The minimum Gasteiger partial charge on any atom is -0.487 e. The van der Waals surface area contributed by atoms with Gasteiger partial charge in [0, 0.05) is 18.0 Å². The van der Waals surface area contributed by atoms with E-state index in [0.29, 0.717) is 0 Å². The van der Waals surface area contributed by atoms with Gasteiger partial charge in [-0.1, -0.05) is 11.6 Å². The first kappa shape index (κ1) is 12.0. The van der Waals surface area contributed by atoms with Gasteiger partial charge in [0.25, 0.3) is 0 Å². The van der Waals surface area contributed by atoms with Crippen LogP contribution in [0.1, 0.15) is 5.56 Å². The maximum atomic E-state index is 12.4. The standard InChI is InChI=1S/C11H7ClF3NO/c12-9-3-8(11(13,14)15)1-2-10(9)17-6-7-4-16-5-7/h1-5H,6H2. The smallest absolute Gasteiger partial charge is 0.416 e. The van der Waals surface area contributed by atoms with E-state index in [2.05, 4.69) is 4.99 Å². The van der Waals surface area contributed by atoms with E-state index >= 15 is 0 Å². The highest BCUT2D eigenvalue weighted by molar-refractivity contribution is 6.32. The van der Waals surface area contributed by atoms with Gasteiger partial charge in [-0.25, -0.2) is 0 Å². The van der Waals surface area contributed by atoms with Crippen LogP contribution in [-0.2, 0) is 6.18 Å². The van der Waals surface area contributed by atoms with Crippen LogP contribution in [0.4, 0.5) is 13.2 Å². The quantitative estimate of drug-likeness (QED) is 0.813. The molecule has 0 saturated heterocycles. The lowest BCUT2D eigenvalue weighted by Crippen LogP contribution is -2.08. The summed E-state index contributed by atoms with van der Waals surface area (Å²) >= 11 is 5.70. The molecule has 1 aromatic carbocycles. The summed E-state index contributed by atoms with van der Waals surface area (Å²) in [4.78, 5) is 3.73. The van der Waals surface area contributed by atoms with Gasteiger partial charge in [0.05, 0.1) is 10.6 Å². The molecule has 0 aliphatic carbocycles. The van der Waals surface area contributed by atoms with Gasteiger partial charge >= 0.3 is 6.18 Å². The third kappa shape index (κ3) is 2.79. The fourth-order valence-electron chi connectivity index (χ4n) is 1.21. The first-order valence-corrected chi connectivity index (χ1v) is 5.06. The van der Waals surface area contributed by atoms with E-state index in [1.807, 2.05) is 0 Å². The second-order valence-electron chi connectivity index (χ2n) is 3.41. The summed E-state index contributed by atoms with van der Waals surface area (Å²) in [5, 5.41) is -0.0586. The van der Waals surface area contributed by atoms with Crippen LogP contribution in [0.2, 0.25) is 5.02 Å². The largest absolute Gasteiger partial charge is 0.487 e. The maximum absolute atomic E-state index is 12.4. The first-order valence-electron chi connectivity index (χ1n) is 4.68. The summed E-state index contributed by atoms with van der Waals surface area (Å²) in [6.07, 6.45) is -1.18. The van der Waals surface area contributed by atoms with Crippen molar-refractivity contribution in [2.24, 2.45) is 4.99 Å². The predicted octanol–water partition coefficient (Wildman–Crippen LogP) is 3.71. The predicted molar refractivity (Wildman–Crippen MR) is 58.5 cm³/mol. The van der Waals surface area contributed by atoms with Gasteiger partial charge in [-0.15, -0.1) is 0 Å². The summed E-state index contributed by atoms with van der Waals surface area (Å²) < 4.78 is 42.3. The lowest BCUT2D eigenvalue weighted by molar-refractivity contribution is -0.137. The van der Waals surface area contributed by atoms with Gasteiger partial charge in [-0.3, -0.25) is 4.99 Å². The minimum absolute atomic E-state index is 0.0586. The lowest BCUT2D eigenvalue weighted by atomic mass is 10.2. The van der Waals surface area contributed by atoms with E-state index in [4.69, 9.17) is 16.3 Å². The zero-order valence-corrected chi connectivity index (χ0v) is 9.22. The Kier molecular flexibility index (Phi) is 3.11. The van der Waals surface area contributed by atoms with Crippen molar-refractivity contribution in [1.82, 2.24) is 0 Å². The van der Waals surface area contributed by atoms with E-state index < -0.39 is 11.7 Å². The molecule has 90 valence electrons. The fourth-order valence-corrected chi connectivity index (χ4v) is 1.44.